The van der Waals surface area contributed by atoms with Crippen molar-refractivity contribution in [3.63, 3.8) is 0 Å². The third-order valence-corrected chi connectivity index (χ3v) is 5.06. The molecule has 138 valence electrons. The van der Waals surface area contributed by atoms with E-state index in [2.05, 4.69) is 0 Å². The van der Waals surface area contributed by atoms with E-state index in [0.29, 0.717) is 11.4 Å². The Morgan fingerprint density at radius 2 is 1.62 bits per heavy atom. The number of hydrogen-bond donors (Lipinski definition) is 0. The Hall–Kier alpha value is -2.34. The number of carbonyl (C=O) groups is 3. The van der Waals surface area contributed by atoms with Gasteiger partial charge in [0.25, 0.3) is 0 Å². The first-order valence-corrected chi connectivity index (χ1v) is 9.26. The Morgan fingerprint density at radius 1 is 0.962 bits per heavy atom. The average Bonchev–Trinajstić information content (AvgIpc) is 3.06. The van der Waals surface area contributed by atoms with E-state index in [1.54, 1.807) is 25.2 Å². The topological polar surface area (TPSA) is 54.5 Å². The van der Waals surface area contributed by atoms with Crippen LogP contribution < -0.4 is 0 Å². The molecular weight excluding hydrogens is 353 g/mol. The third-order valence-electron chi connectivity index (χ3n) is 4.02. The van der Waals surface area contributed by atoms with Crippen LogP contribution in [0.2, 0.25) is 0 Å². The number of nitrogens with zero attached hydrogens (tertiary/aromatic N) is 1. The molecule has 0 aliphatic rings. The predicted molar refractivity (Wildman–Crippen MR) is 99.7 cm³/mol. The Labute approximate surface area is 156 Å². The predicted octanol–water partition coefficient (Wildman–Crippen LogP) is 4.17. The molecule has 0 saturated heterocycles. The van der Waals surface area contributed by atoms with E-state index in [-0.39, 0.29) is 49.0 Å². The molecule has 0 N–H and O–H groups in total. The normalized spacial score (nSPS) is 10.6. The third kappa shape index (κ3) is 6.19. The highest BCUT2D eigenvalue weighted by Crippen LogP contribution is 2.18. The van der Waals surface area contributed by atoms with Crippen molar-refractivity contribution in [2.45, 2.75) is 39.2 Å². The van der Waals surface area contributed by atoms with Gasteiger partial charge in [0.2, 0.25) is 5.91 Å². The lowest BCUT2D eigenvalue weighted by Crippen LogP contribution is -2.26. The molecule has 0 unspecified atom stereocenters. The molecule has 0 aliphatic heterocycles. The van der Waals surface area contributed by atoms with Gasteiger partial charge in [-0.2, -0.15) is 0 Å². The quantitative estimate of drug-likeness (QED) is 0.618. The molecule has 0 aliphatic carbocycles. The second-order valence-corrected chi connectivity index (χ2v) is 7.54. The summed E-state index contributed by atoms with van der Waals surface area (Å²) in [6.07, 6.45) is 0.579. The van der Waals surface area contributed by atoms with Crippen LogP contribution >= 0.6 is 11.3 Å². The van der Waals surface area contributed by atoms with E-state index < -0.39 is 0 Å². The standard InChI is InChI=1S/C20H22FNO3S/c1-14-3-11-19(26-14)18(24)10-8-17(23)9-12-20(25)22(2)13-15-4-6-16(21)7-5-15/h3-7,11H,8-10,12-13H2,1-2H3. The highest BCUT2D eigenvalue weighted by atomic mass is 32.1. The van der Waals surface area contributed by atoms with Gasteiger partial charge in [0.1, 0.15) is 11.6 Å². The van der Waals surface area contributed by atoms with Crippen LogP contribution in [0.15, 0.2) is 36.4 Å². The summed E-state index contributed by atoms with van der Waals surface area (Å²) in [6.45, 7) is 2.30. The summed E-state index contributed by atoms with van der Waals surface area (Å²) < 4.78 is 12.9. The maximum Gasteiger partial charge on any atom is 0.223 e. The van der Waals surface area contributed by atoms with Crippen LogP contribution in [0.4, 0.5) is 4.39 Å². The van der Waals surface area contributed by atoms with Crippen LogP contribution in [0.1, 0.15) is 45.8 Å². The van der Waals surface area contributed by atoms with Gasteiger partial charge < -0.3 is 4.90 Å². The Morgan fingerprint density at radius 3 is 2.23 bits per heavy atom. The van der Waals surface area contributed by atoms with E-state index in [1.807, 2.05) is 13.0 Å². The van der Waals surface area contributed by atoms with E-state index in [1.165, 1.54) is 28.4 Å². The van der Waals surface area contributed by atoms with Crippen molar-refractivity contribution in [2.24, 2.45) is 0 Å². The lowest BCUT2D eigenvalue weighted by molar-refractivity contribution is -0.132. The van der Waals surface area contributed by atoms with Gasteiger partial charge in [-0.1, -0.05) is 12.1 Å². The smallest absolute Gasteiger partial charge is 0.223 e. The molecule has 0 radical (unpaired) electrons. The number of thiophene rings is 1. The van der Waals surface area contributed by atoms with Crippen molar-refractivity contribution in [1.29, 1.82) is 0 Å². The molecule has 1 heterocycles. The molecule has 0 spiro atoms. The fourth-order valence-electron chi connectivity index (χ4n) is 2.47. The zero-order valence-electron chi connectivity index (χ0n) is 15.0. The molecule has 0 bridgehead atoms. The Balaban J connectivity index is 1.71. The second-order valence-electron chi connectivity index (χ2n) is 6.25. The molecule has 2 aromatic rings. The monoisotopic (exact) mass is 375 g/mol. The maximum atomic E-state index is 12.9. The van der Waals surface area contributed by atoms with Gasteiger partial charge in [0.15, 0.2) is 5.78 Å². The minimum atomic E-state index is -0.319. The first-order chi connectivity index (χ1) is 12.3. The van der Waals surface area contributed by atoms with Crippen molar-refractivity contribution >= 4 is 28.8 Å². The van der Waals surface area contributed by atoms with Crippen LogP contribution in [-0.2, 0) is 16.1 Å². The summed E-state index contributed by atoms with van der Waals surface area (Å²) in [5, 5.41) is 0. The second kappa shape index (κ2) is 9.38. The number of aryl methyl sites for hydroxylation is 1. The Bertz CT molecular complexity index is 783. The summed E-state index contributed by atoms with van der Waals surface area (Å²) in [5.74, 6) is -0.588. The zero-order valence-corrected chi connectivity index (χ0v) is 15.8. The number of Topliss-reactive ketones (excluding diaryl/α,β-unsaturated/α-hetero) is 2. The van der Waals surface area contributed by atoms with Crippen LogP contribution in [0.3, 0.4) is 0 Å². The van der Waals surface area contributed by atoms with Gasteiger partial charge in [0.05, 0.1) is 4.88 Å². The molecule has 1 amide bonds. The highest BCUT2D eigenvalue weighted by molar-refractivity contribution is 7.14. The molecule has 0 saturated carbocycles. The van der Waals surface area contributed by atoms with Gasteiger partial charge in [-0.15, -0.1) is 11.3 Å². The molecule has 2 rings (SSSR count). The summed E-state index contributed by atoms with van der Waals surface area (Å²) in [5.41, 5.74) is 0.824. The maximum absolute atomic E-state index is 12.9. The van der Waals surface area contributed by atoms with E-state index in [9.17, 15) is 18.8 Å². The van der Waals surface area contributed by atoms with E-state index in [0.717, 1.165) is 10.4 Å². The van der Waals surface area contributed by atoms with Gasteiger partial charge >= 0.3 is 0 Å². The minimum absolute atomic E-state index is 0.0313. The first-order valence-electron chi connectivity index (χ1n) is 8.45. The van der Waals surface area contributed by atoms with Crippen LogP contribution in [0.25, 0.3) is 0 Å². The number of ketones is 2. The van der Waals surface area contributed by atoms with Gasteiger partial charge in [0, 0.05) is 44.2 Å². The summed E-state index contributed by atoms with van der Waals surface area (Å²) in [7, 11) is 1.65. The van der Waals surface area contributed by atoms with Crippen LogP contribution in [0.5, 0.6) is 0 Å². The van der Waals surface area contributed by atoms with E-state index >= 15 is 0 Å². The summed E-state index contributed by atoms with van der Waals surface area (Å²) in [6, 6.07) is 9.62. The first kappa shape index (κ1) is 20.0. The summed E-state index contributed by atoms with van der Waals surface area (Å²) in [4.78, 5) is 39.3. The molecule has 1 aromatic carbocycles. The van der Waals surface area contributed by atoms with Crippen molar-refractivity contribution in [1.82, 2.24) is 4.90 Å². The fraction of sp³-hybridized carbons (Fsp3) is 0.350. The van der Waals surface area contributed by atoms with Crippen LogP contribution in [0, 0.1) is 12.7 Å². The molecule has 0 atom stereocenters. The van der Waals surface area contributed by atoms with Crippen molar-refractivity contribution in [3.05, 3.63) is 57.5 Å². The molecule has 26 heavy (non-hydrogen) atoms. The average molecular weight is 375 g/mol. The number of amides is 1. The largest absolute Gasteiger partial charge is 0.341 e. The number of carbonyl (C=O) groups excluding carboxylic acids is 3. The molecule has 6 heteroatoms. The minimum Gasteiger partial charge on any atom is -0.341 e. The zero-order chi connectivity index (χ0) is 19.1. The van der Waals surface area contributed by atoms with Gasteiger partial charge in [-0.25, -0.2) is 4.39 Å². The molecular formula is C20H22FNO3S. The molecule has 0 fully saturated rings. The molecule has 4 nitrogen and oxygen atoms in total. The fourth-order valence-corrected chi connectivity index (χ4v) is 3.31. The van der Waals surface area contributed by atoms with Crippen molar-refractivity contribution in [3.8, 4) is 0 Å². The van der Waals surface area contributed by atoms with Crippen molar-refractivity contribution < 1.29 is 18.8 Å². The number of hydrogen-bond acceptors (Lipinski definition) is 4. The number of rotatable bonds is 9. The van der Waals surface area contributed by atoms with Gasteiger partial charge in [-0.05, 0) is 36.8 Å². The summed E-state index contributed by atoms with van der Waals surface area (Å²) >= 11 is 1.43. The van der Waals surface area contributed by atoms with Crippen LogP contribution in [-0.4, -0.2) is 29.4 Å². The van der Waals surface area contributed by atoms with Crippen molar-refractivity contribution in [2.75, 3.05) is 7.05 Å². The van der Waals surface area contributed by atoms with E-state index in [4.69, 9.17) is 0 Å². The number of benzene rings is 1. The number of halogens is 1. The van der Waals surface area contributed by atoms with Gasteiger partial charge in [-0.3, -0.25) is 14.4 Å². The molecule has 1 aromatic heterocycles. The highest BCUT2D eigenvalue weighted by Gasteiger charge is 2.14. The lowest BCUT2D eigenvalue weighted by atomic mass is 10.1. The lowest BCUT2D eigenvalue weighted by Gasteiger charge is -2.17. The Kier molecular flexibility index (Phi) is 7.21. The SMILES string of the molecule is Cc1ccc(C(=O)CCC(=O)CCC(=O)N(C)Cc2ccc(F)cc2)s1.